The Morgan fingerprint density at radius 3 is 2.65 bits per heavy atom. The van der Waals surface area contributed by atoms with Crippen molar-refractivity contribution in [1.82, 2.24) is 0 Å². The van der Waals surface area contributed by atoms with Crippen molar-refractivity contribution in [1.29, 1.82) is 0 Å². The van der Waals surface area contributed by atoms with Gasteiger partial charge in [-0.15, -0.1) is 0 Å². The molecule has 2 aromatic rings. The van der Waals surface area contributed by atoms with Gasteiger partial charge in [0, 0.05) is 18.4 Å². The van der Waals surface area contributed by atoms with Crippen molar-refractivity contribution in [3.8, 4) is 11.5 Å². The smallest absolute Gasteiger partial charge is 0.123 e. The number of aryl methyl sites for hydroxylation is 1. The Morgan fingerprint density at radius 2 is 1.91 bits per heavy atom. The van der Waals surface area contributed by atoms with E-state index in [-0.39, 0.29) is 16.7 Å². The summed E-state index contributed by atoms with van der Waals surface area (Å²) in [6, 6.07) is 13.0. The topological polar surface area (TPSA) is 44.8 Å². The Kier molecular flexibility index (Phi) is 6.45. The zero-order valence-corrected chi connectivity index (χ0v) is 20.9. The van der Waals surface area contributed by atoms with Gasteiger partial charge in [0.05, 0.1) is 6.61 Å². The lowest BCUT2D eigenvalue weighted by Gasteiger charge is -2.29. The fourth-order valence-electron chi connectivity index (χ4n) is 6.56. The number of fused-ring (bicyclic) bond motifs is 2. The number of carbonyl (C=O) groups is 1. The van der Waals surface area contributed by atoms with Crippen molar-refractivity contribution in [3.05, 3.63) is 58.7 Å². The molecule has 34 heavy (non-hydrogen) atoms. The van der Waals surface area contributed by atoms with E-state index in [9.17, 15) is 4.79 Å². The van der Waals surface area contributed by atoms with Crippen LogP contribution in [-0.2, 0) is 28.0 Å². The summed E-state index contributed by atoms with van der Waals surface area (Å²) in [7, 11) is 1.70. The van der Waals surface area contributed by atoms with Gasteiger partial charge in [-0.05, 0) is 96.4 Å². The van der Waals surface area contributed by atoms with Crippen LogP contribution in [0.5, 0.6) is 11.5 Å². The number of ether oxygens (including phenoxy) is 3. The molecule has 1 spiro atoms. The van der Waals surface area contributed by atoms with Gasteiger partial charge in [-0.2, -0.15) is 0 Å². The minimum atomic E-state index is 0.0805. The highest BCUT2D eigenvalue weighted by Crippen LogP contribution is 2.59. The first-order chi connectivity index (χ1) is 16.5. The molecule has 182 valence electrons. The molecule has 0 heterocycles. The lowest BCUT2D eigenvalue weighted by atomic mass is 9.77. The summed E-state index contributed by atoms with van der Waals surface area (Å²) in [5.41, 5.74) is 5.56. The summed E-state index contributed by atoms with van der Waals surface area (Å²) in [4.78, 5) is 11.5. The molecule has 2 saturated carbocycles. The predicted molar refractivity (Wildman–Crippen MR) is 134 cm³/mol. The van der Waals surface area contributed by atoms with Gasteiger partial charge in [0.25, 0.3) is 0 Å². The normalized spacial score (nSPS) is 26.8. The third-order valence-corrected chi connectivity index (χ3v) is 8.64. The summed E-state index contributed by atoms with van der Waals surface area (Å²) >= 11 is 0. The fraction of sp³-hybridized carbons (Fsp3) is 0.567. The SMILES string of the molecule is COCCOc1ccc(COc2ccc3c(c2)[C@]2(CCC3)C[C@H]2C=O)cc1[C@@H]1CCCC1(C)C. The number of hydrogen-bond donors (Lipinski definition) is 0. The van der Waals surface area contributed by atoms with Crippen molar-refractivity contribution in [2.75, 3.05) is 20.3 Å². The Bertz CT molecular complexity index is 1040. The molecule has 3 atom stereocenters. The maximum Gasteiger partial charge on any atom is 0.123 e. The molecule has 0 radical (unpaired) electrons. The van der Waals surface area contributed by atoms with Crippen LogP contribution in [0.15, 0.2) is 36.4 Å². The number of carbonyl (C=O) groups excluding carboxylic acids is 1. The molecule has 4 heteroatoms. The van der Waals surface area contributed by atoms with Crippen LogP contribution >= 0.6 is 0 Å². The van der Waals surface area contributed by atoms with Gasteiger partial charge >= 0.3 is 0 Å². The maximum absolute atomic E-state index is 11.5. The summed E-state index contributed by atoms with van der Waals surface area (Å²) in [6.45, 7) is 6.43. The van der Waals surface area contributed by atoms with Crippen molar-refractivity contribution in [2.45, 2.75) is 76.7 Å². The van der Waals surface area contributed by atoms with E-state index in [1.54, 1.807) is 7.11 Å². The van der Waals surface area contributed by atoms with Crippen LogP contribution in [0.4, 0.5) is 0 Å². The quantitative estimate of drug-likeness (QED) is 0.320. The Hall–Kier alpha value is -2.33. The van der Waals surface area contributed by atoms with E-state index < -0.39 is 0 Å². The number of benzene rings is 2. The molecule has 0 bridgehead atoms. The van der Waals surface area contributed by atoms with Crippen LogP contribution in [-0.4, -0.2) is 26.6 Å². The molecule has 0 aliphatic heterocycles. The van der Waals surface area contributed by atoms with Crippen LogP contribution in [0.3, 0.4) is 0 Å². The molecule has 0 saturated heterocycles. The van der Waals surface area contributed by atoms with Gasteiger partial charge in [-0.25, -0.2) is 0 Å². The second-order valence-corrected chi connectivity index (χ2v) is 11.2. The van der Waals surface area contributed by atoms with Gasteiger partial charge in [-0.3, -0.25) is 0 Å². The molecular weight excluding hydrogens is 424 g/mol. The van der Waals surface area contributed by atoms with E-state index in [0.29, 0.717) is 25.7 Å². The molecule has 3 aliphatic carbocycles. The molecule has 0 N–H and O–H groups in total. The van der Waals surface area contributed by atoms with E-state index in [2.05, 4.69) is 50.2 Å². The Morgan fingerprint density at radius 1 is 1.03 bits per heavy atom. The third-order valence-electron chi connectivity index (χ3n) is 8.64. The van der Waals surface area contributed by atoms with Crippen LogP contribution in [0.25, 0.3) is 0 Å². The van der Waals surface area contributed by atoms with Crippen molar-refractivity contribution in [3.63, 3.8) is 0 Å². The predicted octanol–water partition coefficient (Wildman–Crippen LogP) is 6.38. The monoisotopic (exact) mass is 462 g/mol. The van der Waals surface area contributed by atoms with E-state index in [1.807, 2.05) is 0 Å². The molecule has 5 rings (SSSR count). The van der Waals surface area contributed by atoms with Crippen molar-refractivity contribution < 1.29 is 19.0 Å². The minimum Gasteiger partial charge on any atom is -0.491 e. The zero-order valence-electron chi connectivity index (χ0n) is 20.9. The van der Waals surface area contributed by atoms with Gasteiger partial charge in [0.15, 0.2) is 0 Å². The largest absolute Gasteiger partial charge is 0.491 e. The first-order valence-electron chi connectivity index (χ1n) is 12.9. The molecule has 4 nitrogen and oxygen atoms in total. The lowest BCUT2D eigenvalue weighted by molar-refractivity contribution is -0.109. The number of aldehydes is 1. The molecule has 0 amide bonds. The molecule has 3 aliphatic rings. The Labute approximate surface area is 204 Å². The van der Waals surface area contributed by atoms with E-state index in [1.165, 1.54) is 47.9 Å². The highest BCUT2D eigenvalue weighted by Gasteiger charge is 2.56. The van der Waals surface area contributed by atoms with Crippen LogP contribution in [0.2, 0.25) is 0 Å². The average Bonchev–Trinajstić information content (AvgIpc) is 3.42. The number of rotatable bonds is 9. The standard InChI is InChI=1S/C30H38O4/c1-29(2)12-5-7-26(29)25-16-21(8-11-28(25)33-15-14-32-3)20-34-24-10-9-22-6-4-13-30(27(22)17-24)18-23(30)19-31/h8-11,16-17,19,23,26H,4-7,12-15,18,20H2,1-3H3/t23-,26-,30+/m0/s1. The summed E-state index contributed by atoms with van der Waals surface area (Å²) in [5.74, 6) is 2.55. The second-order valence-electron chi connectivity index (χ2n) is 11.2. The first kappa shape index (κ1) is 23.4. The van der Waals surface area contributed by atoms with Crippen molar-refractivity contribution >= 4 is 6.29 Å². The molecular formula is C30H38O4. The number of methoxy groups -OCH3 is 1. The molecule has 2 aromatic carbocycles. The van der Waals surface area contributed by atoms with Gasteiger partial charge in [0.1, 0.15) is 31.0 Å². The minimum absolute atomic E-state index is 0.0805. The fourth-order valence-corrected chi connectivity index (χ4v) is 6.56. The van der Waals surface area contributed by atoms with E-state index in [4.69, 9.17) is 14.2 Å². The number of hydrogen-bond acceptors (Lipinski definition) is 4. The molecule has 2 fully saturated rings. The van der Waals surface area contributed by atoms with Crippen LogP contribution in [0, 0.1) is 11.3 Å². The summed E-state index contributed by atoms with van der Waals surface area (Å²) in [6.07, 6.45) is 9.26. The van der Waals surface area contributed by atoms with E-state index in [0.717, 1.165) is 37.0 Å². The zero-order chi connectivity index (χ0) is 23.8. The van der Waals surface area contributed by atoms with Crippen LogP contribution < -0.4 is 9.47 Å². The maximum atomic E-state index is 11.5. The van der Waals surface area contributed by atoms with Gasteiger partial charge in [-0.1, -0.05) is 32.4 Å². The van der Waals surface area contributed by atoms with Crippen molar-refractivity contribution in [2.24, 2.45) is 11.3 Å². The molecule has 0 aromatic heterocycles. The highest BCUT2D eigenvalue weighted by molar-refractivity contribution is 5.66. The average molecular weight is 463 g/mol. The highest BCUT2D eigenvalue weighted by atomic mass is 16.5. The van der Waals surface area contributed by atoms with Gasteiger partial charge in [0.2, 0.25) is 0 Å². The first-order valence-corrected chi connectivity index (χ1v) is 12.9. The lowest BCUT2D eigenvalue weighted by Crippen LogP contribution is -2.19. The molecule has 0 unspecified atom stereocenters. The van der Waals surface area contributed by atoms with E-state index >= 15 is 0 Å². The second kappa shape index (κ2) is 9.37. The van der Waals surface area contributed by atoms with Crippen LogP contribution in [0.1, 0.15) is 80.5 Å². The summed E-state index contributed by atoms with van der Waals surface area (Å²) in [5, 5.41) is 0. The third kappa shape index (κ3) is 4.37. The summed E-state index contributed by atoms with van der Waals surface area (Å²) < 4.78 is 17.6. The Balaban J connectivity index is 1.35. The van der Waals surface area contributed by atoms with Gasteiger partial charge < -0.3 is 19.0 Å².